The molecule has 0 saturated carbocycles. The zero-order valence-corrected chi connectivity index (χ0v) is 7.95. The Morgan fingerprint density at radius 3 is 2.77 bits per heavy atom. The van der Waals surface area contributed by atoms with Gasteiger partial charge in [-0.1, -0.05) is 38.1 Å². The summed E-state index contributed by atoms with van der Waals surface area (Å²) >= 11 is 0. The Hall–Kier alpha value is -0.795. The predicted molar refractivity (Wildman–Crippen MR) is 53.0 cm³/mol. The second-order valence-electron chi connectivity index (χ2n) is 4.13. The van der Waals surface area contributed by atoms with Crippen LogP contribution in [0, 0.1) is 0 Å². The zero-order chi connectivity index (χ0) is 9.47. The van der Waals surface area contributed by atoms with Gasteiger partial charge in [-0.15, -0.1) is 0 Å². The van der Waals surface area contributed by atoms with Crippen LogP contribution in [0.3, 0.4) is 0 Å². The molecule has 1 aliphatic rings. The van der Waals surface area contributed by atoms with Crippen LogP contribution in [-0.4, -0.2) is 18.7 Å². The van der Waals surface area contributed by atoms with E-state index in [1.807, 2.05) is 18.2 Å². The lowest BCUT2D eigenvalue weighted by Crippen LogP contribution is -2.48. The molecule has 1 aromatic carbocycles. The van der Waals surface area contributed by atoms with Gasteiger partial charge in [0, 0.05) is 12.0 Å². The maximum absolute atomic E-state index is 9.57. The monoisotopic (exact) mass is 176 g/mol. The molecule has 0 unspecified atom stereocenters. The molecule has 0 spiro atoms. The summed E-state index contributed by atoms with van der Waals surface area (Å²) < 4.78 is 5.28. The largest absolute Gasteiger partial charge is 0.491 e. The fourth-order valence-electron chi connectivity index (χ4n) is 1.78. The first-order valence-electron chi connectivity index (χ1n) is 4.50. The third-order valence-corrected chi connectivity index (χ3v) is 2.56. The normalized spacial score (nSPS) is 19.8. The number of benzene rings is 1. The number of rotatable bonds is 0. The summed E-state index contributed by atoms with van der Waals surface area (Å²) in [6, 6.07) is 7.90. The molecule has 0 radical (unpaired) electrons. The zero-order valence-electron chi connectivity index (χ0n) is 7.95. The van der Waals surface area contributed by atoms with Crippen molar-refractivity contribution in [1.29, 1.82) is 0 Å². The lowest BCUT2D eigenvalue weighted by atomic mass is 9.66. The lowest BCUT2D eigenvalue weighted by molar-refractivity contribution is 0.200. The molecule has 13 heavy (non-hydrogen) atoms. The van der Waals surface area contributed by atoms with Crippen LogP contribution in [0.5, 0.6) is 0 Å². The van der Waals surface area contributed by atoms with Crippen molar-refractivity contribution in [1.82, 2.24) is 0 Å². The Labute approximate surface area is 78.7 Å². The summed E-state index contributed by atoms with van der Waals surface area (Å²) in [5.74, 6) is 0. The van der Waals surface area contributed by atoms with E-state index in [4.69, 9.17) is 4.65 Å². The van der Waals surface area contributed by atoms with Gasteiger partial charge in [-0.05, 0) is 11.0 Å². The molecule has 1 heterocycles. The summed E-state index contributed by atoms with van der Waals surface area (Å²) in [5, 5.41) is 9.57. The highest BCUT2D eigenvalue weighted by Gasteiger charge is 2.35. The minimum Gasteiger partial charge on any atom is -0.423 e. The molecule has 0 aromatic heterocycles. The smallest absolute Gasteiger partial charge is 0.423 e. The Kier molecular flexibility index (Phi) is 1.93. The molecular weight excluding hydrogens is 163 g/mol. The van der Waals surface area contributed by atoms with Gasteiger partial charge in [-0.3, -0.25) is 0 Å². The number of hydrogen-bond acceptors (Lipinski definition) is 2. The fraction of sp³-hybridized carbons (Fsp3) is 0.400. The Morgan fingerprint density at radius 1 is 1.38 bits per heavy atom. The molecule has 1 aliphatic heterocycles. The fourth-order valence-corrected chi connectivity index (χ4v) is 1.78. The first-order chi connectivity index (χ1) is 6.11. The van der Waals surface area contributed by atoms with Gasteiger partial charge in [0.05, 0.1) is 0 Å². The molecule has 68 valence electrons. The van der Waals surface area contributed by atoms with E-state index in [1.165, 1.54) is 5.56 Å². The van der Waals surface area contributed by atoms with Gasteiger partial charge in [-0.25, -0.2) is 0 Å². The standard InChI is InChI=1S/C10H13BO2/c1-10(2)7-13-11(12)9-6-4-3-5-8(9)10/h3-6,12H,7H2,1-2H3. The van der Waals surface area contributed by atoms with E-state index in [9.17, 15) is 5.02 Å². The Bertz CT molecular complexity index is 322. The van der Waals surface area contributed by atoms with Crippen LogP contribution in [0.1, 0.15) is 19.4 Å². The maximum Gasteiger partial charge on any atom is 0.491 e. The molecule has 2 rings (SSSR count). The van der Waals surface area contributed by atoms with Crippen LogP contribution in [-0.2, 0) is 10.1 Å². The minimum absolute atomic E-state index is 0.00975. The van der Waals surface area contributed by atoms with E-state index in [-0.39, 0.29) is 5.41 Å². The van der Waals surface area contributed by atoms with E-state index in [0.29, 0.717) is 6.61 Å². The van der Waals surface area contributed by atoms with Crippen molar-refractivity contribution >= 4 is 12.6 Å². The molecule has 0 atom stereocenters. The lowest BCUT2D eigenvalue weighted by Gasteiger charge is -2.33. The van der Waals surface area contributed by atoms with E-state index in [0.717, 1.165) is 5.46 Å². The van der Waals surface area contributed by atoms with Crippen LogP contribution in [0.2, 0.25) is 0 Å². The predicted octanol–water partition coefficient (Wildman–Crippen LogP) is 0.682. The molecule has 0 amide bonds. The molecule has 0 saturated heterocycles. The van der Waals surface area contributed by atoms with Crippen LogP contribution in [0.15, 0.2) is 24.3 Å². The maximum atomic E-state index is 9.57. The van der Waals surface area contributed by atoms with Crippen molar-refractivity contribution in [2.75, 3.05) is 6.61 Å². The summed E-state index contributed by atoms with van der Waals surface area (Å²) in [6.45, 7) is 4.82. The van der Waals surface area contributed by atoms with Crippen LogP contribution in [0.25, 0.3) is 0 Å². The third-order valence-electron chi connectivity index (χ3n) is 2.56. The molecule has 0 aliphatic carbocycles. The van der Waals surface area contributed by atoms with Crippen LogP contribution < -0.4 is 5.46 Å². The average molecular weight is 176 g/mol. The highest BCUT2D eigenvalue weighted by Crippen LogP contribution is 2.25. The van der Waals surface area contributed by atoms with Gasteiger partial charge in [0.25, 0.3) is 0 Å². The van der Waals surface area contributed by atoms with E-state index in [1.54, 1.807) is 0 Å². The minimum atomic E-state index is -0.746. The van der Waals surface area contributed by atoms with Gasteiger partial charge < -0.3 is 9.68 Å². The summed E-state index contributed by atoms with van der Waals surface area (Å²) in [6.07, 6.45) is 0. The molecule has 1 N–H and O–H groups in total. The van der Waals surface area contributed by atoms with Gasteiger partial charge >= 0.3 is 7.12 Å². The molecule has 0 bridgehead atoms. The molecule has 2 nitrogen and oxygen atoms in total. The highest BCUT2D eigenvalue weighted by molar-refractivity contribution is 6.61. The van der Waals surface area contributed by atoms with Crippen molar-refractivity contribution in [3.63, 3.8) is 0 Å². The second-order valence-corrected chi connectivity index (χ2v) is 4.13. The van der Waals surface area contributed by atoms with Crippen molar-refractivity contribution in [3.8, 4) is 0 Å². The first kappa shape index (κ1) is 8.79. The number of hydrogen-bond donors (Lipinski definition) is 1. The Balaban J connectivity index is 2.55. The average Bonchev–Trinajstić information content (AvgIpc) is 2.13. The van der Waals surface area contributed by atoms with E-state index >= 15 is 0 Å². The van der Waals surface area contributed by atoms with Crippen LogP contribution in [0.4, 0.5) is 0 Å². The van der Waals surface area contributed by atoms with Crippen molar-refractivity contribution in [3.05, 3.63) is 29.8 Å². The molecule has 0 fully saturated rings. The Morgan fingerprint density at radius 2 is 2.08 bits per heavy atom. The summed E-state index contributed by atoms with van der Waals surface area (Å²) in [4.78, 5) is 0. The van der Waals surface area contributed by atoms with Crippen LogP contribution >= 0.6 is 0 Å². The van der Waals surface area contributed by atoms with Gasteiger partial charge in [0.15, 0.2) is 0 Å². The van der Waals surface area contributed by atoms with Crippen molar-refractivity contribution in [2.24, 2.45) is 0 Å². The second kappa shape index (κ2) is 2.86. The molecular formula is C10H13BO2. The quantitative estimate of drug-likeness (QED) is 0.589. The summed E-state index contributed by atoms with van der Waals surface area (Å²) in [5.41, 5.74) is 2.10. The highest BCUT2D eigenvalue weighted by atomic mass is 16.5. The van der Waals surface area contributed by atoms with E-state index in [2.05, 4.69) is 19.9 Å². The van der Waals surface area contributed by atoms with Gasteiger partial charge in [-0.2, -0.15) is 0 Å². The first-order valence-corrected chi connectivity index (χ1v) is 4.50. The topological polar surface area (TPSA) is 29.5 Å². The van der Waals surface area contributed by atoms with Gasteiger partial charge in [0.1, 0.15) is 0 Å². The molecule has 1 aromatic rings. The SMILES string of the molecule is CC1(C)COB(O)c2ccccc21. The molecule has 3 heteroatoms. The summed E-state index contributed by atoms with van der Waals surface area (Å²) in [7, 11) is -0.746. The van der Waals surface area contributed by atoms with Gasteiger partial charge in [0.2, 0.25) is 0 Å². The van der Waals surface area contributed by atoms with Crippen molar-refractivity contribution in [2.45, 2.75) is 19.3 Å². The van der Waals surface area contributed by atoms with E-state index < -0.39 is 7.12 Å². The number of fused-ring (bicyclic) bond motifs is 1. The third kappa shape index (κ3) is 1.38. The van der Waals surface area contributed by atoms with Crippen molar-refractivity contribution < 1.29 is 9.68 Å².